The van der Waals surface area contributed by atoms with E-state index in [-0.39, 0.29) is 17.5 Å². The van der Waals surface area contributed by atoms with E-state index < -0.39 is 30.9 Å². The number of esters is 1. The molecule has 10 nitrogen and oxygen atoms in total. The molecule has 0 heterocycles. The molecule has 0 atom stereocenters. The third-order valence-corrected chi connectivity index (χ3v) is 4.72. The lowest BCUT2D eigenvalue weighted by Crippen LogP contribution is -2.32. The monoisotopic (exact) mass is 455 g/mol. The number of ether oxygens (including phenoxy) is 3. The number of amides is 3. The molecule has 10 heteroatoms. The van der Waals surface area contributed by atoms with Crippen molar-refractivity contribution < 1.29 is 33.4 Å². The van der Waals surface area contributed by atoms with Crippen LogP contribution in [0.25, 0.3) is 0 Å². The highest BCUT2D eigenvalue weighted by atomic mass is 16.5. The number of carbonyl (C=O) groups is 4. The first-order chi connectivity index (χ1) is 15.9. The summed E-state index contributed by atoms with van der Waals surface area (Å²) < 4.78 is 15.1. The fraction of sp³-hybridized carbons (Fsp3) is 0.304. The summed E-state index contributed by atoms with van der Waals surface area (Å²) in [6.45, 7) is -0.957. The molecule has 0 unspecified atom stereocenters. The van der Waals surface area contributed by atoms with E-state index in [1.54, 1.807) is 30.3 Å². The summed E-state index contributed by atoms with van der Waals surface area (Å²) in [6, 6.07) is 11.3. The maximum atomic E-state index is 12.2. The van der Waals surface area contributed by atoms with Gasteiger partial charge in [0, 0.05) is 22.9 Å². The maximum absolute atomic E-state index is 12.2. The van der Waals surface area contributed by atoms with Gasteiger partial charge in [-0.05, 0) is 49.2 Å². The zero-order valence-electron chi connectivity index (χ0n) is 18.3. The highest BCUT2D eigenvalue weighted by Crippen LogP contribution is 2.27. The standard InChI is InChI=1S/C23H25N3O7/c1-31-18-9-6-15(11-19(18)32-2)22(29)24-12-21(28)33-13-20(27)25-17-5-3-4-14(10-17)23(30)26-16-7-8-16/h3-6,9-11,16H,7-8,12-13H2,1-2H3,(H,24,29)(H,25,27)(H,26,30). The molecule has 1 aliphatic carbocycles. The molecule has 3 amide bonds. The summed E-state index contributed by atoms with van der Waals surface area (Å²) >= 11 is 0. The van der Waals surface area contributed by atoms with Gasteiger partial charge in [0.25, 0.3) is 17.7 Å². The first-order valence-corrected chi connectivity index (χ1v) is 10.3. The summed E-state index contributed by atoms with van der Waals surface area (Å²) in [6.07, 6.45) is 1.95. The molecule has 0 aromatic heterocycles. The van der Waals surface area contributed by atoms with Crippen LogP contribution in [0, 0.1) is 0 Å². The molecule has 0 radical (unpaired) electrons. The number of rotatable bonds is 10. The molecule has 3 N–H and O–H groups in total. The Morgan fingerprint density at radius 1 is 0.909 bits per heavy atom. The first-order valence-electron chi connectivity index (χ1n) is 10.3. The number of hydrogen-bond donors (Lipinski definition) is 3. The lowest BCUT2D eigenvalue weighted by Gasteiger charge is -2.10. The minimum Gasteiger partial charge on any atom is -0.493 e. The van der Waals surface area contributed by atoms with Crippen LogP contribution in [0.3, 0.4) is 0 Å². The summed E-state index contributed by atoms with van der Waals surface area (Å²) in [5, 5.41) is 7.85. The van der Waals surface area contributed by atoms with Crippen LogP contribution in [0.4, 0.5) is 5.69 Å². The van der Waals surface area contributed by atoms with Crippen molar-refractivity contribution in [2.45, 2.75) is 18.9 Å². The Balaban J connectivity index is 1.43. The number of benzene rings is 2. The molecule has 0 aliphatic heterocycles. The van der Waals surface area contributed by atoms with Crippen LogP contribution < -0.4 is 25.4 Å². The summed E-state index contributed by atoms with van der Waals surface area (Å²) in [5.41, 5.74) is 1.10. The number of methoxy groups -OCH3 is 2. The van der Waals surface area contributed by atoms with Crippen LogP contribution in [0.5, 0.6) is 11.5 Å². The van der Waals surface area contributed by atoms with E-state index in [4.69, 9.17) is 14.2 Å². The van der Waals surface area contributed by atoms with E-state index in [2.05, 4.69) is 16.0 Å². The SMILES string of the molecule is COc1ccc(C(=O)NCC(=O)OCC(=O)Nc2cccc(C(=O)NC3CC3)c2)cc1OC. The largest absolute Gasteiger partial charge is 0.493 e. The Morgan fingerprint density at radius 2 is 1.64 bits per heavy atom. The Morgan fingerprint density at radius 3 is 2.33 bits per heavy atom. The molecule has 2 aromatic carbocycles. The van der Waals surface area contributed by atoms with E-state index in [1.807, 2.05) is 0 Å². The Kier molecular flexibility index (Phi) is 7.85. The van der Waals surface area contributed by atoms with Crippen molar-refractivity contribution in [1.29, 1.82) is 0 Å². The van der Waals surface area contributed by atoms with E-state index in [9.17, 15) is 19.2 Å². The normalized spacial score (nSPS) is 12.3. The molecule has 174 valence electrons. The van der Waals surface area contributed by atoms with Gasteiger partial charge in [-0.1, -0.05) is 6.07 Å². The lowest BCUT2D eigenvalue weighted by molar-refractivity contribution is -0.146. The predicted molar refractivity (Wildman–Crippen MR) is 118 cm³/mol. The zero-order valence-corrected chi connectivity index (χ0v) is 18.3. The maximum Gasteiger partial charge on any atom is 0.325 e. The van der Waals surface area contributed by atoms with Gasteiger partial charge in [0.2, 0.25) is 0 Å². The molecule has 1 saturated carbocycles. The second-order valence-corrected chi connectivity index (χ2v) is 7.29. The second-order valence-electron chi connectivity index (χ2n) is 7.29. The van der Waals surface area contributed by atoms with Crippen LogP contribution >= 0.6 is 0 Å². The molecule has 0 bridgehead atoms. The van der Waals surface area contributed by atoms with Crippen LogP contribution in [0.1, 0.15) is 33.6 Å². The quantitative estimate of drug-likeness (QED) is 0.463. The number of anilines is 1. The minimum absolute atomic E-state index is 0.203. The second kappa shape index (κ2) is 11.0. The minimum atomic E-state index is -0.781. The molecule has 1 aliphatic rings. The molecule has 2 aromatic rings. The van der Waals surface area contributed by atoms with Crippen molar-refractivity contribution in [3.8, 4) is 11.5 Å². The molecular weight excluding hydrogens is 430 g/mol. The first kappa shape index (κ1) is 23.6. The smallest absolute Gasteiger partial charge is 0.325 e. The van der Waals surface area contributed by atoms with Crippen LogP contribution in [0.2, 0.25) is 0 Å². The Labute approximate surface area is 190 Å². The van der Waals surface area contributed by atoms with E-state index in [0.717, 1.165) is 12.8 Å². The van der Waals surface area contributed by atoms with Gasteiger partial charge in [0.1, 0.15) is 6.54 Å². The number of hydrogen-bond acceptors (Lipinski definition) is 7. The van der Waals surface area contributed by atoms with Gasteiger partial charge < -0.3 is 30.2 Å². The van der Waals surface area contributed by atoms with Crippen LogP contribution in [0.15, 0.2) is 42.5 Å². The van der Waals surface area contributed by atoms with Gasteiger partial charge in [-0.2, -0.15) is 0 Å². The topological polar surface area (TPSA) is 132 Å². The van der Waals surface area contributed by atoms with E-state index in [1.165, 1.54) is 26.4 Å². The van der Waals surface area contributed by atoms with E-state index >= 15 is 0 Å². The highest BCUT2D eigenvalue weighted by Gasteiger charge is 2.23. The summed E-state index contributed by atoms with van der Waals surface area (Å²) in [5.74, 6) is -1.23. The van der Waals surface area contributed by atoms with Crippen molar-refractivity contribution in [2.24, 2.45) is 0 Å². The van der Waals surface area contributed by atoms with Gasteiger partial charge in [-0.15, -0.1) is 0 Å². The molecule has 0 saturated heterocycles. The predicted octanol–water partition coefficient (Wildman–Crippen LogP) is 1.51. The van der Waals surface area contributed by atoms with Crippen molar-refractivity contribution in [3.63, 3.8) is 0 Å². The third kappa shape index (κ3) is 6.96. The number of nitrogens with one attached hydrogen (secondary N) is 3. The van der Waals surface area contributed by atoms with Gasteiger partial charge >= 0.3 is 5.97 Å². The fourth-order valence-electron chi connectivity index (χ4n) is 2.86. The highest BCUT2D eigenvalue weighted by molar-refractivity contribution is 5.98. The van der Waals surface area contributed by atoms with Gasteiger partial charge in [0.15, 0.2) is 18.1 Å². The Bertz CT molecular complexity index is 1050. The van der Waals surface area contributed by atoms with E-state index in [0.29, 0.717) is 22.7 Å². The average Bonchev–Trinajstić information content (AvgIpc) is 3.64. The summed E-state index contributed by atoms with van der Waals surface area (Å²) in [4.78, 5) is 48.3. The third-order valence-electron chi connectivity index (χ3n) is 4.72. The van der Waals surface area contributed by atoms with Crippen molar-refractivity contribution >= 4 is 29.4 Å². The van der Waals surface area contributed by atoms with Gasteiger partial charge in [-0.25, -0.2) is 0 Å². The number of carbonyl (C=O) groups excluding carboxylic acids is 4. The van der Waals surface area contributed by atoms with Gasteiger partial charge in [0.05, 0.1) is 14.2 Å². The fourth-order valence-corrected chi connectivity index (χ4v) is 2.86. The van der Waals surface area contributed by atoms with Crippen molar-refractivity contribution in [2.75, 3.05) is 32.7 Å². The lowest BCUT2D eigenvalue weighted by atomic mass is 10.2. The van der Waals surface area contributed by atoms with Crippen LogP contribution in [-0.2, 0) is 14.3 Å². The molecule has 3 rings (SSSR count). The molecular formula is C23H25N3O7. The average molecular weight is 455 g/mol. The van der Waals surface area contributed by atoms with Crippen molar-refractivity contribution in [3.05, 3.63) is 53.6 Å². The molecule has 1 fully saturated rings. The van der Waals surface area contributed by atoms with Crippen LogP contribution in [-0.4, -0.2) is 57.1 Å². The zero-order chi connectivity index (χ0) is 23.8. The Hall–Kier alpha value is -4.08. The van der Waals surface area contributed by atoms with Crippen molar-refractivity contribution in [1.82, 2.24) is 10.6 Å². The summed E-state index contributed by atoms with van der Waals surface area (Å²) in [7, 11) is 2.92. The van der Waals surface area contributed by atoms with Gasteiger partial charge in [-0.3, -0.25) is 19.2 Å². The molecule has 33 heavy (non-hydrogen) atoms. The molecule has 0 spiro atoms.